The van der Waals surface area contributed by atoms with Crippen LogP contribution < -0.4 is 0 Å². The number of aliphatic imine (C=N–C) groups is 1. The van der Waals surface area contributed by atoms with Gasteiger partial charge in [0.25, 0.3) is 0 Å². The van der Waals surface area contributed by atoms with E-state index in [2.05, 4.69) is 14.5 Å². The summed E-state index contributed by atoms with van der Waals surface area (Å²) in [5, 5.41) is 0. The lowest BCUT2D eigenvalue weighted by atomic mass is 9.89. The molecule has 0 N–H and O–H groups in total. The summed E-state index contributed by atoms with van der Waals surface area (Å²) >= 11 is 0. The lowest BCUT2D eigenvalue weighted by Gasteiger charge is -2.20. The van der Waals surface area contributed by atoms with Gasteiger partial charge in [0.05, 0.1) is 19.9 Å². The first-order valence-corrected chi connectivity index (χ1v) is 5.48. The van der Waals surface area contributed by atoms with E-state index in [1.54, 1.807) is 24.3 Å². The predicted molar refractivity (Wildman–Crippen MR) is 65.4 cm³/mol. The summed E-state index contributed by atoms with van der Waals surface area (Å²) in [5.41, 5.74) is 0.372. The van der Waals surface area contributed by atoms with Crippen LogP contribution in [0.25, 0.3) is 0 Å². The summed E-state index contributed by atoms with van der Waals surface area (Å²) in [6, 6.07) is 6.47. The van der Waals surface area contributed by atoms with Gasteiger partial charge in [0.2, 0.25) is 0 Å². The zero-order chi connectivity index (χ0) is 14.0. The minimum absolute atomic E-state index is 0.252. The minimum Gasteiger partial charge on any atom is -0.468 e. The molecule has 0 bridgehead atoms. The molecular weight excluding hydrogens is 250 g/mol. The third-order valence-electron chi connectivity index (χ3n) is 2.78. The van der Waals surface area contributed by atoms with Crippen molar-refractivity contribution in [1.82, 2.24) is 0 Å². The lowest BCUT2D eigenvalue weighted by molar-refractivity contribution is -0.143. The number of rotatable bonds is 2. The van der Waals surface area contributed by atoms with Gasteiger partial charge in [0.1, 0.15) is 5.71 Å². The fraction of sp³-hybridized carbons (Fsp3) is 0.231. The molecule has 1 heterocycles. The monoisotopic (exact) mass is 261 g/mol. The number of methoxy groups -OCH3 is 2. The second-order valence-electron chi connectivity index (χ2n) is 3.83. The molecule has 0 aliphatic carbocycles. The van der Waals surface area contributed by atoms with Crippen LogP contribution in [0.4, 0.5) is 5.69 Å². The number of hydrogen-bond donors (Lipinski definition) is 0. The Labute approximate surface area is 109 Å². The molecule has 0 radical (unpaired) electrons. The molecule has 1 atom stereocenters. The first kappa shape index (κ1) is 12.9. The molecule has 19 heavy (non-hydrogen) atoms. The number of esters is 2. The average molecular weight is 261 g/mol. The lowest BCUT2D eigenvalue weighted by Crippen LogP contribution is -2.39. The summed E-state index contributed by atoms with van der Waals surface area (Å²) in [6.45, 7) is 0. The van der Waals surface area contributed by atoms with E-state index < -0.39 is 23.6 Å². The molecule has 0 aromatic heterocycles. The Morgan fingerprint density at radius 1 is 1.16 bits per heavy atom. The molecule has 6 heteroatoms. The fourth-order valence-corrected chi connectivity index (χ4v) is 1.86. The molecule has 2 rings (SSSR count). The Bertz CT molecular complexity index is 590. The average Bonchev–Trinajstić information content (AvgIpc) is 2.45. The molecule has 0 amide bonds. The van der Waals surface area contributed by atoms with E-state index in [9.17, 15) is 14.4 Å². The van der Waals surface area contributed by atoms with Crippen LogP contribution in [0, 0.1) is 5.92 Å². The van der Waals surface area contributed by atoms with Crippen molar-refractivity contribution in [3.8, 4) is 0 Å². The first-order valence-electron chi connectivity index (χ1n) is 5.48. The number of carbonyl (C=O) groups is 3. The number of para-hydroxylation sites is 1. The summed E-state index contributed by atoms with van der Waals surface area (Å²) in [6.07, 6.45) is 0. The predicted octanol–water partition coefficient (Wildman–Crippen LogP) is 0.918. The van der Waals surface area contributed by atoms with Gasteiger partial charge < -0.3 is 9.47 Å². The number of ketones is 1. The van der Waals surface area contributed by atoms with Gasteiger partial charge in [-0.3, -0.25) is 9.59 Å². The summed E-state index contributed by atoms with van der Waals surface area (Å²) in [4.78, 5) is 39.6. The summed E-state index contributed by atoms with van der Waals surface area (Å²) in [5.74, 6) is -3.54. The largest absolute Gasteiger partial charge is 0.468 e. The maximum Gasteiger partial charge on any atom is 0.353 e. The van der Waals surface area contributed by atoms with Gasteiger partial charge in [0, 0.05) is 5.56 Å². The fourth-order valence-electron chi connectivity index (χ4n) is 1.86. The Kier molecular flexibility index (Phi) is 3.41. The van der Waals surface area contributed by atoms with Crippen LogP contribution in [0.5, 0.6) is 0 Å². The number of nitrogens with zero attached hydrogens (tertiary/aromatic N) is 1. The van der Waals surface area contributed by atoms with Crippen LogP contribution in [0.1, 0.15) is 10.4 Å². The molecule has 0 unspecified atom stereocenters. The quantitative estimate of drug-likeness (QED) is 0.584. The zero-order valence-corrected chi connectivity index (χ0v) is 10.4. The van der Waals surface area contributed by atoms with Gasteiger partial charge >= 0.3 is 11.9 Å². The molecule has 0 saturated heterocycles. The highest BCUT2D eigenvalue weighted by atomic mass is 16.5. The maximum atomic E-state index is 12.3. The van der Waals surface area contributed by atoms with Crippen molar-refractivity contribution >= 4 is 29.1 Å². The highest BCUT2D eigenvalue weighted by Gasteiger charge is 2.41. The molecular formula is C13H11NO5. The van der Waals surface area contributed by atoms with E-state index in [0.29, 0.717) is 5.69 Å². The van der Waals surface area contributed by atoms with Crippen LogP contribution in [0.15, 0.2) is 29.3 Å². The molecule has 98 valence electrons. The Morgan fingerprint density at radius 2 is 1.84 bits per heavy atom. The van der Waals surface area contributed by atoms with Crippen molar-refractivity contribution in [2.45, 2.75) is 0 Å². The number of hydrogen-bond acceptors (Lipinski definition) is 6. The molecule has 1 aliphatic rings. The van der Waals surface area contributed by atoms with Crippen LogP contribution in [-0.4, -0.2) is 37.7 Å². The first-order chi connectivity index (χ1) is 9.10. The topological polar surface area (TPSA) is 82.0 Å². The van der Waals surface area contributed by atoms with Gasteiger partial charge in [-0.15, -0.1) is 0 Å². The summed E-state index contributed by atoms with van der Waals surface area (Å²) < 4.78 is 9.10. The van der Waals surface area contributed by atoms with Crippen molar-refractivity contribution in [1.29, 1.82) is 0 Å². The van der Waals surface area contributed by atoms with E-state index in [1.165, 1.54) is 0 Å². The molecule has 0 spiro atoms. The number of fused-ring (bicyclic) bond motifs is 1. The maximum absolute atomic E-state index is 12.3. The smallest absolute Gasteiger partial charge is 0.353 e. The minimum atomic E-state index is -1.37. The van der Waals surface area contributed by atoms with Crippen molar-refractivity contribution in [3.05, 3.63) is 29.8 Å². The second-order valence-corrected chi connectivity index (χ2v) is 3.83. The molecule has 6 nitrogen and oxygen atoms in total. The Balaban J connectivity index is 2.59. The summed E-state index contributed by atoms with van der Waals surface area (Å²) in [7, 11) is 2.30. The van der Waals surface area contributed by atoms with Crippen molar-refractivity contribution in [2.24, 2.45) is 10.9 Å². The van der Waals surface area contributed by atoms with E-state index in [4.69, 9.17) is 0 Å². The SMILES string of the molecule is COC(=O)C1=Nc2ccccc2C(=O)[C@H]1C(=O)OC. The van der Waals surface area contributed by atoms with Crippen molar-refractivity contribution in [3.63, 3.8) is 0 Å². The Hall–Kier alpha value is -2.50. The van der Waals surface area contributed by atoms with Crippen molar-refractivity contribution < 1.29 is 23.9 Å². The second kappa shape index (κ2) is 5.01. The number of benzene rings is 1. The van der Waals surface area contributed by atoms with Gasteiger partial charge in [-0.2, -0.15) is 0 Å². The molecule has 1 aliphatic heterocycles. The standard InChI is InChI=1S/C13H11NO5/c1-18-12(16)9-10(13(17)19-2)14-8-6-4-3-5-7(8)11(9)15/h3-6,9H,1-2H3/t9-/m0/s1. The van der Waals surface area contributed by atoms with E-state index >= 15 is 0 Å². The molecule has 1 aromatic carbocycles. The van der Waals surface area contributed by atoms with E-state index in [-0.39, 0.29) is 11.3 Å². The van der Waals surface area contributed by atoms with Gasteiger partial charge in [-0.25, -0.2) is 9.79 Å². The number of carbonyl (C=O) groups excluding carboxylic acids is 3. The highest BCUT2D eigenvalue weighted by Crippen LogP contribution is 2.29. The van der Waals surface area contributed by atoms with E-state index in [1.807, 2.05) is 0 Å². The molecule has 1 aromatic rings. The normalized spacial score (nSPS) is 17.3. The van der Waals surface area contributed by atoms with Gasteiger partial charge in [0.15, 0.2) is 11.7 Å². The van der Waals surface area contributed by atoms with E-state index in [0.717, 1.165) is 14.2 Å². The highest BCUT2D eigenvalue weighted by molar-refractivity contribution is 6.48. The number of Topliss-reactive ketones (excluding diaryl/α,β-unsaturated/α-hetero) is 1. The van der Waals surface area contributed by atoms with Gasteiger partial charge in [-0.05, 0) is 12.1 Å². The van der Waals surface area contributed by atoms with Crippen LogP contribution in [-0.2, 0) is 19.1 Å². The molecule has 0 fully saturated rings. The van der Waals surface area contributed by atoms with Crippen LogP contribution in [0.2, 0.25) is 0 Å². The third-order valence-corrected chi connectivity index (χ3v) is 2.78. The van der Waals surface area contributed by atoms with Crippen LogP contribution in [0.3, 0.4) is 0 Å². The van der Waals surface area contributed by atoms with Crippen LogP contribution >= 0.6 is 0 Å². The van der Waals surface area contributed by atoms with Gasteiger partial charge in [-0.1, -0.05) is 12.1 Å². The Morgan fingerprint density at radius 3 is 2.47 bits per heavy atom. The zero-order valence-electron chi connectivity index (χ0n) is 10.4. The third kappa shape index (κ3) is 2.12. The molecule has 0 saturated carbocycles. The number of ether oxygens (including phenoxy) is 2. The van der Waals surface area contributed by atoms with Crippen molar-refractivity contribution in [2.75, 3.05) is 14.2 Å².